The molecule has 0 unspecified atom stereocenters. The Labute approximate surface area is 127 Å². The molecule has 0 atom stereocenters. The molecule has 1 rings (SSSR count). The molecule has 0 aliphatic heterocycles. The van der Waals surface area contributed by atoms with Crippen LogP contribution in [-0.2, 0) is 16.2 Å². The number of hydrogen-bond donors (Lipinski definition) is 0. The Morgan fingerprint density at radius 2 is 1.86 bits per heavy atom. The Bertz CT molecular complexity index is 588. The number of nitrogens with zero attached hydrogens (tertiary/aromatic N) is 1. The number of benzene rings is 1. The van der Waals surface area contributed by atoms with E-state index < -0.39 is 26.7 Å². The highest BCUT2D eigenvalue weighted by molar-refractivity contribution is 7.89. The van der Waals surface area contributed by atoms with Gasteiger partial charge in [0.05, 0.1) is 10.5 Å². The van der Waals surface area contributed by atoms with Gasteiger partial charge >= 0.3 is 6.18 Å². The van der Waals surface area contributed by atoms with Gasteiger partial charge in [0, 0.05) is 18.1 Å². The van der Waals surface area contributed by atoms with Crippen LogP contribution in [0.25, 0.3) is 0 Å². The molecule has 21 heavy (non-hydrogen) atoms. The fourth-order valence-electron chi connectivity index (χ4n) is 1.87. The minimum atomic E-state index is -4.78. The molecule has 3 nitrogen and oxygen atoms in total. The van der Waals surface area contributed by atoms with E-state index in [0.717, 1.165) is 22.9 Å². The summed E-state index contributed by atoms with van der Waals surface area (Å²) < 4.78 is 65.0. The predicted octanol–water partition coefficient (Wildman–Crippen LogP) is 4.17. The average molecular weight is 344 g/mol. The van der Waals surface area contributed by atoms with Crippen LogP contribution in [0.15, 0.2) is 23.1 Å². The number of unbranched alkanes of at least 4 members (excludes halogenated alkanes) is 1. The lowest BCUT2D eigenvalue weighted by Gasteiger charge is -2.22. The minimum absolute atomic E-state index is 0.113. The summed E-state index contributed by atoms with van der Waals surface area (Å²) in [4.78, 5) is -0.752. The van der Waals surface area contributed by atoms with Gasteiger partial charge in [0.1, 0.15) is 0 Å². The van der Waals surface area contributed by atoms with E-state index in [1.807, 2.05) is 6.92 Å². The number of sulfonamides is 1. The van der Waals surface area contributed by atoms with E-state index in [2.05, 4.69) is 0 Å². The zero-order valence-electron chi connectivity index (χ0n) is 11.7. The molecule has 0 aromatic heterocycles. The lowest BCUT2D eigenvalue weighted by Crippen LogP contribution is -2.33. The largest absolute Gasteiger partial charge is 0.417 e. The van der Waals surface area contributed by atoms with Gasteiger partial charge in [0.15, 0.2) is 0 Å². The standard InChI is InChI=1S/C13H17ClF3NO2S/c1-3-5-8-18(4-2)21(19,20)12-7-6-10(14)9-11(12)13(15,16)17/h6-7,9H,3-5,8H2,1-2H3. The zero-order chi connectivity index (χ0) is 16.3. The molecule has 0 fully saturated rings. The summed E-state index contributed by atoms with van der Waals surface area (Å²) in [6, 6.07) is 2.70. The Balaban J connectivity index is 3.37. The van der Waals surface area contributed by atoms with E-state index in [9.17, 15) is 21.6 Å². The summed E-state index contributed by atoms with van der Waals surface area (Å²) in [5, 5.41) is -0.155. The van der Waals surface area contributed by atoms with E-state index in [0.29, 0.717) is 12.5 Å². The summed E-state index contributed by atoms with van der Waals surface area (Å²) in [7, 11) is -4.20. The van der Waals surface area contributed by atoms with Crippen LogP contribution < -0.4 is 0 Å². The highest BCUT2D eigenvalue weighted by Gasteiger charge is 2.38. The Kier molecular flexibility index (Phi) is 6.07. The van der Waals surface area contributed by atoms with Gasteiger partial charge in [-0.2, -0.15) is 17.5 Å². The van der Waals surface area contributed by atoms with E-state index in [-0.39, 0.29) is 18.1 Å². The molecule has 0 spiro atoms. The van der Waals surface area contributed by atoms with Crippen LogP contribution in [0.2, 0.25) is 5.02 Å². The monoisotopic (exact) mass is 343 g/mol. The number of hydrogen-bond acceptors (Lipinski definition) is 2. The number of alkyl halides is 3. The van der Waals surface area contributed by atoms with Crippen LogP contribution in [0.3, 0.4) is 0 Å². The Morgan fingerprint density at radius 1 is 1.24 bits per heavy atom. The molecule has 0 aliphatic carbocycles. The van der Waals surface area contributed by atoms with Crippen LogP contribution in [0.1, 0.15) is 32.3 Å². The average Bonchev–Trinajstić information content (AvgIpc) is 2.38. The maximum atomic E-state index is 13.0. The van der Waals surface area contributed by atoms with E-state index in [4.69, 9.17) is 11.6 Å². The van der Waals surface area contributed by atoms with Gasteiger partial charge < -0.3 is 0 Å². The highest BCUT2D eigenvalue weighted by atomic mass is 35.5. The lowest BCUT2D eigenvalue weighted by atomic mass is 10.2. The van der Waals surface area contributed by atoms with E-state index in [1.165, 1.54) is 0 Å². The fraction of sp³-hybridized carbons (Fsp3) is 0.538. The van der Waals surface area contributed by atoms with Crippen molar-refractivity contribution in [1.29, 1.82) is 0 Å². The lowest BCUT2D eigenvalue weighted by molar-refractivity contribution is -0.139. The van der Waals surface area contributed by atoms with Gasteiger partial charge in [-0.1, -0.05) is 31.9 Å². The van der Waals surface area contributed by atoms with Crippen molar-refractivity contribution < 1.29 is 21.6 Å². The van der Waals surface area contributed by atoms with Crippen molar-refractivity contribution in [3.63, 3.8) is 0 Å². The predicted molar refractivity (Wildman–Crippen MR) is 75.8 cm³/mol. The molecule has 0 heterocycles. The molecule has 0 aliphatic rings. The SMILES string of the molecule is CCCCN(CC)S(=O)(=O)c1ccc(Cl)cc1C(F)(F)F. The summed E-state index contributed by atoms with van der Waals surface area (Å²) in [5.41, 5.74) is -1.23. The molecule has 1 aromatic rings. The molecule has 0 radical (unpaired) electrons. The van der Waals surface area contributed by atoms with Gasteiger partial charge in [-0.05, 0) is 24.6 Å². The molecule has 1 aromatic carbocycles. The second kappa shape index (κ2) is 6.98. The van der Waals surface area contributed by atoms with Gasteiger partial charge in [0.25, 0.3) is 0 Å². The fourth-order valence-corrected chi connectivity index (χ4v) is 3.72. The molecular weight excluding hydrogens is 327 g/mol. The second-order valence-electron chi connectivity index (χ2n) is 4.49. The first-order chi connectivity index (χ1) is 9.64. The van der Waals surface area contributed by atoms with Crippen molar-refractivity contribution in [2.24, 2.45) is 0 Å². The van der Waals surface area contributed by atoms with E-state index >= 15 is 0 Å². The van der Waals surface area contributed by atoms with Crippen molar-refractivity contribution in [1.82, 2.24) is 4.31 Å². The second-order valence-corrected chi connectivity index (χ2v) is 6.83. The molecule has 0 bridgehead atoms. The van der Waals surface area contributed by atoms with Crippen molar-refractivity contribution in [3.05, 3.63) is 28.8 Å². The number of rotatable bonds is 6. The van der Waals surface area contributed by atoms with Crippen LogP contribution in [0.5, 0.6) is 0 Å². The summed E-state index contributed by atoms with van der Waals surface area (Å²) in [6.45, 7) is 3.78. The summed E-state index contributed by atoms with van der Waals surface area (Å²) >= 11 is 5.56. The van der Waals surface area contributed by atoms with Crippen LogP contribution >= 0.6 is 11.6 Å². The van der Waals surface area contributed by atoms with Crippen molar-refractivity contribution in [3.8, 4) is 0 Å². The molecule has 0 amide bonds. The third-order valence-electron chi connectivity index (χ3n) is 2.98. The molecule has 0 saturated heterocycles. The normalized spacial score (nSPS) is 12.9. The highest BCUT2D eigenvalue weighted by Crippen LogP contribution is 2.36. The van der Waals surface area contributed by atoms with Crippen molar-refractivity contribution >= 4 is 21.6 Å². The van der Waals surface area contributed by atoms with Crippen LogP contribution in [0, 0.1) is 0 Å². The van der Waals surface area contributed by atoms with E-state index in [1.54, 1.807) is 6.92 Å². The third kappa shape index (κ3) is 4.34. The summed E-state index contributed by atoms with van der Waals surface area (Å²) in [6.07, 6.45) is -3.45. The molecule has 0 saturated carbocycles. The molecule has 8 heteroatoms. The zero-order valence-corrected chi connectivity index (χ0v) is 13.3. The van der Waals surface area contributed by atoms with Crippen LogP contribution in [-0.4, -0.2) is 25.8 Å². The number of halogens is 4. The smallest absolute Gasteiger partial charge is 0.207 e. The Morgan fingerprint density at radius 3 is 2.33 bits per heavy atom. The van der Waals surface area contributed by atoms with Gasteiger partial charge in [-0.15, -0.1) is 0 Å². The third-order valence-corrected chi connectivity index (χ3v) is 5.25. The summed E-state index contributed by atoms with van der Waals surface area (Å²) in [5.74, 6) is 0. The minimum Gasteiger partial charge on any atom is -0.207 e. The van der Waals surface area contributed by atoms with Gasteiger partial charge in [-0.3, -0.25) is 0 Å². The van der Waals surface area contributed by atoms with Crippen LogP contribution in [0.4, 0.5) is 13.2 Å². The maximum absolute atomic E-state index is 13.0. The van der Waals surface area contributed by atoms with Crippen molar-refractivity contribution in [2.75, 3.05) is 13.1 Å². The first kappa shape index (κ1) is 18.3. The first-order valence-corrected chi connectivity index (χ1v) is 8.33. The van der Waals surface area contributed by atoms with Gasteiger partial charge in [0.2, 0.25) is 10.0 Å². The Hall–Kier alpha value is -0.790. The first-order valence-electron chi connectivity index (χ1n) is 6.51. The maximum Gasteiger partial charge on any atom is 0.417 e. The van der Waals surface area contributed by atoms with Crippen molar-refractivity contribution in [2.45, 2.75) is 37.8 Å². The van der Waals surface area contributed by atoms with Gasteiger partial charge in [-0.25, -0.2) is 8.42 Å². The molecule has 0 N–H and O–H groups in total. The quantitative estimate of drug-likeness (QED) is 0.777. The molecular formula is C13H17ClF3NO2S. The topological polar surface area (TPSA) is 37.4 Å². The molecule has 120 valence electrons.